The lowest BCUT2D eigenvalue weighted by molar-refractivity contribution is 0.767. The number of aliphatic imine (C=N–C) groups is 1. The van der Waals surface area contributed by atoms with E-state index in [1.807, 2.05) is 35.6 Å². The Balaban J connectivity index is 2.02. The number of nitrogens with two attached hydrogens (primary N) is 1. The summed E-state index contributed by atoms with van der Waals surface area (Å²) in [7, 11) is 0. The minimum absolute atomic E-state index is 0.165. The Kier molecular flexibility index (Phi) is 3.44. The number of nitrogens with zero attached hydrogens (tertiary/aromatic N) is 2. The first-order valence-electron chi connectivity index (χ1n) is 6.48. The van der Waals surface area contributed by atoms with E-state index in [0.717, 1.165) is 5.69 Å². The maximum Gasteiger partial charge on any atom is 0.196 e. The van der Waals surface area contributed by atoms with Crippen molar-refractivity contribution >= 4 is 34.6 Å². The minimum atomic E-state index is 0.165. The summed E-state index contributed by atoms with van der Waals surface area (Å²) < 4.78 is 0. The summed E-state index contributed by atoms with van der Waals surface area (Å²) >= 11 is 7.91. The number of halogens is 1. The van der Waals surface area contributed by atoms with Crippen molar-refractivity contribution in [3.05, 3.63) is 50.7 Å². The van der Waals surface area contributed by atoms with Gasteiger partial charge in [0.05, 0.1) is 12.6 Å². The van der Waals surface area contributed by atoms with E-state index in [1.165, 1.54) is 15.3 Å². The first kappa shape index (κ1) is 13.5. The molecule has 1 aromatic carbocycles. The smallest absolute Gasteiger partial charge is 0.196 e. The average molecular weight is 306 g/mol. The second kappa shape index (κ2) is 5.11. The first-order chi connectivity index (χ1) is 9.56. The van der Waals surface area contributed by atoms with E-state index in [9.17, 15) is 0 Å². The number of aryl methyl sites for hydroxylation is 2. The molecular weight excluding hydrogens is 290 g/mol. The Hall–Kier alpha value is -1.52. The highest BCUT2D eigenvalue weighted by Crippen LogP contribution is 2.36. The molecule has 1 unspecified atom stereocenters. The van der Waals surface area contributed by atoms with Crippen molar-refractivity contribution in [1.29, 1.82) is 0 Å². The monoisotopic (exact) mass is 305 g/mol. The maximum absolute atomic E-state index is 6.09. The predicted molar refractivity (Wildman–Crippen MR) is 87.0 cm³/mol. The van der Waals surface area contributed by atoms with Crippen LogP contribution in [-0.4, -0.2) is 12.5 Å². The van der Waals surface area contributed by atoms with Crippen molar-refractivity contribution in [2.45, 2.75) is 19.9 Å². The van der Waals surface area contributed by atoms with Gasteiger partial charge in [0.15, 0.2) is 5.96 Å². The Bertz CT molecular complexity index is 678. The summed E-state index contributed by atoms with van der Waals surface area (Å²) in [5.41, 5.74) is 8.37. The second-order valence-corrected chi connectivity index (χ2v) is 6.83. The molecule has 0 bridgehead atoms. The van der Waals surface area contributed by atoms with Gasteiger partial charge in [-0.3, -0.25) is 4.99 Å². The third-order valence-corrected chi connectivity index (χ3v) is 4.73. The van der Waals surface area contributed by atoms with Crippen molar-refractivity contribution < 1.29 is 0 Å². The third kappa shape index (κ3) is 2.30. The van der Waals surface area contributed by atoms with E-state index in [4.69, 9.17) is 17.3 Å². The first-order valence-corrected chi connectivity index (χ1v) is 7.67. The van der Waals surface area contributed by atoms with Gasteiger partial charge in [-0.15, -0.1) is 11.3 Å². The van der Waals surface area contributed by atoms with Crippen LogP contribution >= 0.6 is 22.9 Å². The molecular formula is C15H16ClN3S. The highest BCUT2D eigenvalue weighted by Gasteiger charge is 2.30. The van der Waals surface area contributed by atoms with E-state index in [-0.39, 0.29) is 6.04 Å². The number of rotatable bonds is 2. The molecule has 0 radical (unpaired) electrons. The third-order valence-electron chi connectivity index (χ3n) is 3.51. The molecule has 1 aliphatic heterocycles. The predicted octanol–water partition coefficient (Wildman–Crippen LogP) is 3.89. The summed E-state index contributed by atoms with van der Waals surface area (Å²) in [6, 6.07) is 10.1. The van der Waals surface area contributed by atoms with Gasteiger partial charge in [0, 0.05) is 20.5 Å². The van der Waals surface area contributed by atoms with Crippen LogP contribution in [0.15, 0.2) is 35.3 Å². The fraction of sp³-hybridized carbons (Fsp3) is 0.267. The molecule has 2 aromatic rings. The molecule has 0 amide bonds. The molecule has 3 rings (SSSR count). The van der Waals surface area contributed by atoms with Crippen LogP contribution < -0.4 is 10.6 Å². The number of benzene rings is 1. The molecule has 0 saturated carbocycles. The van der Waals surface area contributed by atoms with Crippen LogP contribution in [0, 0.1) is 13.8 Å². The zero-order valence-corrected chi connectivity index (χ0v) is 13.0. The average Bonchev–Trinajstić information content (AvgIpc) is 2.92. The highest BCUT2D eigenvalue weighted by atomic mass is 35.5. The van der Waals surface area contributed by atoms with E-state index >= 15 is 0 Å². The molecule has 20 heavy (non-hydrogen) atoms. The van der Waals surface area contributed by atoms with Gasteiger partial charge in [-0.05, 0) is 43.7 Å². The van der Waals surface area contributed by atoms with Gasteiger partial charge in [0.1, 0.15) is 0 Å². The summed E-state index contributed by atoms with van der Waals surface area (Å²) in [4.78, 5) is 9.12. The Morgan fingerprint density at radius 3 is 2.80 bits per heavy atom. The Morgan fingerprint density at radius 1 is 1.35 bits per heavy atom. The lowest BCUT2D eigenvalue weighted by Gasteiger charge is -2.26. The molecule has 0 saturated heterocycles. The number of hydrogen-bond acceptors (Lipinski definition) is 4. The topological polar surface area (TPSA) is 41.6 Å². The Labute approximate surface area is 127 Å². The zero-order chi connectivity index (χ0) is 14.3. The van der Waals surface area contributed by atoms with Gasteiger partial charge in [-0.25, -0.2) is 0 Å². The molecule has 1 aromatic heterocycles. The van der Waals surface area contributed by atoms with Crippen LogP contribution in [0.5, 0.6) is 0 Å². The molecule has 104 valence electrons. The van der Waals surface area contributed by atoms with Crippen molar-refractivity contribution in [3.8, 4) is 0 Å². The van der Waals surface area contributed by atoms with Gasteiger partial charge in [0.2, 0.25) is 0 Å². The summed E-state index contributed by atoms with van der Waals surface area (Å²) in [6.07, 6.45) is 0. The summed E-state index contributed by atoms with van der Waals surface area (Å²) in [5, 5.41) is 0.708. The largest absolute Gasteiger partial charge is 0.369 e. The van der Waals surface area contributed by atoms with Crippen LogP contribution in [0.4, 0.5) is 5.69 Å². The normalized spacial score (nSPS) is 18.4. The standard InChI is InChI=1S/C15H16ClN3S/c1-9-6-13(10(2)20-9)14-8-18-15(17)19(14)12-5-3-4-11(16)7-12/h3-7,14H,8H2,1-2H3,(H2,17,18). The lowest BCUT2D eigenvalue weighted by atomic mass is 10.1. The molecule has 5 heteroatoms. The van der Waals surface area contributed by atoms with Crippen molar-refractivity contribution in [2.75, 3.05) is 11.4 Å². The number of guanidine groups is 1. The van der Waals surface area contributed by atoms with Gasteiger partial charge >= 0.3 is 0 Å². The molecule has 1 aliphatic rings. The fourth-order valence-corrected chi connectivity index (χ4v) is 3.82. The summed E-state index contributed by atoms with van der Waals surface area (Å²) in [5.74, 6) is 0.556. The van der Waals surface area contributed by atoms with E-state index in [2.05, 4.69) is 29.8 Å². The molecule has 0 spiro atoms. The number of anilines is 1. The minimum Gasteiger partial charge on any atom is -0.369 e. The lowest BCUT2D eigenvalue weighted by Crippen LogP contribution is -2.36. The molecule has 1 atom stereocenters. The fourth-order valence-electron chi connectivity index (χ4n) is 2.65. The van der Waals surface area contributed by atoms with Gasteiger partial charge in [-0.2, -0.15) is 0 Å². The maximum atomic E-state index is 6.09. The molecule has 2 N–H and O–H groups in total. The summed E-state index contributed by atoms with van der Waals surface area (Å²) in [6.45, 7) is 4.97. The van der Waals surface area contributed by atoms with Crippen LogP contribution in [0.3, 0.4) is 0 Å². The van der Waals surface area contributed by atoms with E-state index in [0.29, 0.717) is 17.5 Å². The molecule has 0 aliphatic carbocycles. The quantitative estimate of drug-likeness (QED) is 0.914. The molecule has 0 fully saturated rings. The Morgan fingerprint density at radius 2 is 2.15 bits per heavy atom. The SMILES string of the molecule is Cc1cc(C2CN=C(N)N2c2cccc(Cl)c2)c(C)s1. The van der Waals surface area contributed by atoms with Crippen LogP contribution in [0.25, 0.3) is 0 Å². The van der Waals surface area contributed by atoms with Crippen molar-refractivity contribution in [2.24, 2.45) is 10.7 Å². The van der Waals surface area contributed by atoms with E-state index in [1.54, 1.807) is 0 Å². The number of thiophene rings is 1. The number of hydrogen-bond donors (Lipinski definition) is 1. The van der Waals surface area contributed by atoms with Crippen LogP contribution in [0.2, 0.25) is 5.02 Å². The molecule has 3 nitrogen and oxygen atoms in total. The highest BCUT2D eigenvalue weighted by molar-refractivity contribution is 7.12. The zero-order valence-electron chi connectivity index (χ0n) is 11.4. The van der Waals surface area contributed by atoms with E-state index < -0.39 is 0 Å². The van der Waals surface area contributed by atoms with Crippen LogP contribution in [0.1, 0.15) is 21.4 Å². The van der Waals surface area contributed by atoms with Crippen LogP contribution in [-0.2, 0) is 0 Å². The van der Waals surface area contributed by atoms with Gasteiger partial charge in [-0.1, -0.05) is 17.7 Å². The molecule has 2 heterocycles. The van der Waals surface area contributed by atoms with Gasteiger partial charge < -0.3 is 10.6 Å². The second-order valence-electron chi connectivity index (χ2n) is 4.93. The van der Waals surface area contributed by atoms with Gasteiger partial charge in [0.25, 0.3) is 0 Å². The van der Waals surface area contributed by atoms with Crippen molar-refractivity contribution in [1.82, 2.24) is 0 Å². The van der Waals surface area contributed by atoms with Crippen molar-refractivity contribution in [3.63, 3.8) is 0 Å².